The molecule has 0 atom stereocenters. The Morgan fingerprint density at radius 1 is 1.07 bits per heavy atom. The quantitative estimate of drug-likeness (QED) is 0.550. The highest BCUT2D eigenvalue weighted by Gasteiger charge is 2.13. The summed E-state index contributed by atoms with van der Waals surface area (Å²) in [5.74, 6) is -0.717. The van der Waals surface area contributed by atoms with Crippen LogP contribution in [0.1, 0.15) is 27.6 Å². The zero-order valence-corrected chi connectivity index (χ0v) is 16.4. The molecule has 0 saturated heterocycles. The second-order valence-electron chi connectivity index (χ2n) is 6.71. The SMILES string of the molecule is Cc1ccc(-n2cc(C(=O)NCc3ccc(-c4cccc(F)c4)nn3)nn2)c(C)n1. The van der Waals surface area contributed by atoms with Crippen molar-refractivity contribution in [2.45, 2.75) is 20.4 Å². The molecule has 0 spiro atoms. The molecule has 0 saturated carbocycles. The van der Waals surface area contributed by atoms with Gasteiger partial charge in [-0.1, -0.05) is 17.3 Å². The van der Waals surface area contributed by atoms with E-state index in [4.69, 9.17) is 0 Å². The molecule has 9 heteroatoms. The third-order valence-electron chi connectivity index (χ3n) is 4.44. The van der Waals surface area contributed by atoms with E-state index in [-0.39, 0.29) is 24.0 Å². The molecule has 3 heterocycles. The Balaban J connectivity index is 1.41. The lowest BCUT2D eigenvalue weighted by atomic mass is 10.1. The van der Waals surface area contributed by atoms with Crippen LogP contribution in [-0.4, -0.2) is 36.1 Å². The van der Waals surface area contributed by atoms with E-state index in [1.807, 2.05) is 26.0 Å². The van der Waals surface area contributed by atoms with Gasteiger partial charge in [-0.15, -0.1) is 5.10 Å². The number of nitrogens with one attached hydrogen (secondary N) is 1. The van der Waals surface area contributed by atoms with Crippen molar-refractivity contribution in [3.05, 3.63) is 83.3 Å². The molecule has 0 aliphatic heterocycles. The molecule has 4 aromatic rings. The van der Waals surface area contributed by atoms with Crippen molar-refractivity contribution < 1.29 is 9.18 Å². The monoisotopic (exact) mass is 403 g/mol. The van der Waals surface area contributed by atoms with Crippen LogP contribution in [-0.2, 0) is 6.54 Å². The largest absolute Gasteiger partial charge is 0.345 e. The van der Waals surface area contributed by atoms with Crippen LogP contribution in [0.3, 0.4) is 0 Å². The van der Waals surface area contributed by atoms with Gasteiger partial charge in [-0.05, 0) is 50.2 Å². The lowest BCUT2D eigenvalue weighted by Crippen LogP contribution is -2.23. The van der Waals surface area contributed by atoms with Crippen LogP contribution in [0.2, 0.25) is 0 Å². The fourth-order valence-electron chi connectivity index (χ4n) is 2.92. The molecule has 0 fully saturated rings. The molecule has 3 aromatic heterocycles. The van der Waals surface area contributed by atoms with E-state index < -0.39 is 0 Å². The smallest absolute Gasteiger partial charge is 0.273 e. The van der Waals surface area contributed by atoms with E-state index in [1.165, 1.54) is 16.8 Å². The molecular formula is C21H18FN7O. The summed E-state index contributed by atoms with van der Waals surface area (Å²) in [4.78, 5) is 16.8. The van der Waals surface area contributed by atoms with E-state index in [2.05, 4.69) is 30.8 Å². The summed E-state index contributed by atoms with van der Waals surface area (Å²) >= 11 is 0. The minimum atomic E-state index is -0.380. The summed E-state index contributed by atoms with van der Waals surface area (Å²) in [5.41, 5.74) is 4.38. The van der Waals surface area contributed by atoms with Crippen LogP contribution in [0.4, 0.5) is 4.39 Å². The number of aryl methyl sites for hydroxylation is 2. The highest BCUT2D eigenvalue weighted by molar-refractivity contribution is 5.91. The van der Waals surface area contributed by atoms with Gasteiger partial charge in [0.1, 0.15) is 5.82 Å². The average Bonchev–Trinajstić information content (AvgIpc) is 3.22. The number of hydrogen-bond acceptors (Lipinski definition) is 6. The van der Waals surface area contributed by atoms with E-state index in [0.717, 1.165) is 17.1 Å². The molecule has 0 unspecified atom stereocenters. The molecule has 0 radical (unpaired) electrons. The summed E-state index contributed by atoms with van der Waals surface area (Å²) in [6.45, 7) is 3.95. The number of pyridine rings is 1. The van der Waals surface area contributed by atoms with Gasteiger partial charge >= 0.3 is 0 Å². The molecular weight excluding hydrogens is 385 g/mol. The Morgan fingerprint density at radius 2 is 1.93 bits per heavy atom. The third kappa shape index (κ3) is 4.19. The van der Waals surface area contributed by atoms with Crippen molar-refractivity contribution in [3.63, 3.8) is 0 Å². The first-order valence-electron chi connectivity index (χ1n) is 9.23. The predicted octanol–water partition coefficient (Wildman–Crippen LogP) is 2.81. The zero-order chi connectivity index (χ0) is 21.1. The van der Waals surface area contributed by atoms with Crippen molar-refractivity contribution in [1.29, 1.82) is 0 Å². The van der Waals surface area contributed by atoms with Gasteiger partial charge in [-0.2, -0.15) is 10.2 Å². The van der Waals surface area contributed by atoms with Gasteiger partial charge < -0.3 is 5.32 Å². The van der Waals surface area contributed by atoms with Gasteiger partial charge in [-0.3, -0.25) is 9.78 Å². The highest BCUT2D eigenvalue weighted by atomic mass is 19.1. The van der Waals surface area contributed by atoms with Crippen LogP contribution >= 0.6 is 0 Å². The van der Waals surface area contributed by atoms with E-state index in [9.17, 15) is 9.18 Å². The maximum absolute atomic E-state index is 13.3. The summed E-state index contributed by atoms with van der Waals surface area (Å²) < 4.78 is 14.9. The van der Waals surface area contributed by atoms with Crippen LogP contribution in [0.25, 0.3) is 16.9 Å². The maximum atomic E-state index is 13.3. The fourth-order valence-corrected chi connectivity index (χ4v) is 2.92. The number of amides is 1. The maximum Gasteiger partial charge on any atom is 0.273 e. The number of hydrogen-bond donors (Lipinski definition) is 1. The number of aromatic nitrogens is 6. The van der Waals surface area contributed by atoms with Gasteiger partial charge in [0.05, 0.1) is 35.5 Å². The number of rotatable bonds is 5. The van der Waals surface area contributed by atoms with Crippen molar-refractivity contribution in [3.8, 4) is 16.9 Å². The third-order valence-corrected chi connectivity index (χ3v) is 4.44. The summed E-state index contributed by atoms with van der Waals surface area (Å²) in [5, 5.41) is 18.9. The Morgan fingerprint density at radius 3 is 2.67 bits per heavy atom. The van der Waals surface area contributed by atoms with Crippen LogP contribution < -0.4 is 5.32 Å². The normalized spacial score (nSPS) is 10.8. The van der Waals surface area contributed by atoms with Crippen LogP contribution in [0, 0.1) is 19.7 Å². The molecule has 30 heavy (non-hydrogen) atoms. The fraction of sp³-hybridized carbons (Fsp3) is 0.143. The molecule has 0 bridgehead atoms. The average molecular weight is 403 g/mol. The summed E-state index contributed by atoms with van der Waals surface area (Å²) in [6.07, 6.45) is 1.55. The van der Waals surface area contributed by atoms with Gasteiger partial charge in [-0.25, -0.2) is 9.07 Å². The first-order chi connectivity index (χ1) is 14.5. The Kier molecular flexibility index (Phi) is 5.25. The molecule has 1 N–H and O–H groups in total. The summed E-state index contributed by atoms with van der Waals surface area (Å²) in [6, 6.07) is 13.3. The van der Waals surface area contributed by atoms with Gasteiger partial charge in [0.25, 0.3) is 5.91 Å². The molecule has 1 aromatic carbocycles. The van der Waals surface area contributed by atoms with Crippen molar-refractivity contribution in [1.82, 2.24) is 35.5 Å². The molecule has 0 aliphatic rings. The number of nitrogens with zero attached hydrogens (tertiary/aromatic N) is 6. The van der Waals surface area contributed by atoms with E-state index in [1.54, 1.807) is 30.5 Å². The van der Waals surface area contributed by atoms with Crippen molar-refractivity contribution in [2.75, 3.05) is 0 Å². The predicted molar refractivity (Wildman–Crippen MR) is 107 cm³/mol. The van der Waals surface area contributed by atoms with Crippen molar-refractivity contribution >= 4 is 5.91 Å². The lowest BCUT2D eigenvalue weighted by molar-refractivity contribution is 0.0945. The Bertz CT molecular complexity index is 1200. The van der Waals surface area contributed by atoms with Gasteiger partial charge in [0.2, 0.25) is 0 Å². The Labute approximate surface area is 171 Å². The second kappa shape index (κ2) is 8.16. The van der Waals surface area contributed by atoms with Gasteiger partial charge in [0, 0.05) is 11.3 Å². The number of carbonyl (C=O) groups excluding carboxylic acids is 1. The van der Waals surface area contributed by atoms with E-state index in [0.29, 0.717) is 17.0 Å². The first-order valence-corrected chi connectivity index (χ1v) is 9.23. The number of carbonyl (C=O) groups is 1. The highest BCUT2D eigenvalue weighted by Crippen LogP contribution is 2.17. The number of benzene rings is 1. The van der Waals surface area contributed by atoms with Crippen LogP contribution in [0.15, 0.2) is 54.7 Å². The zero-order valence-electron chi connectivity index (χ0n) is 16.4. The topological polar surface area (TPSA) is 98.5 Å². The second-order valence-corrected chi connectivity index (χ2v) is 6.71. The molecule has 1 amide bonds. The molecule has 4 rings (SSSR count). The van der Waals surface area contributed by atoms with Crippen molar-refractivity contribution in [2.24, 2.45) is 0 Å². The molecule has 150 valence electrons. The number of halogens is 1. The minimum Gasteiger partial charge on any atom is -0.345 e. The Hall–Kier alpha value is -4.01. The van der Waals surface area contributed by atoms with Crippen LogP contribution in [0.5, 0.6) is 0 Å². The lowest BCUT2D eigenvalue weighted by Gasteiger charge is -2.05. The first kappa shape index (κ1) is 19.3. The molecule has 8 nitrogen and oxygen atoms in total. The summed E-state index contributed by atoms with van der Waals surface area (Å²) in [7, 11) is 0. The van der Waals surface area contributed by atoms with E-state index >= 15 is 0 Å². The minimum absolute atomic E-state index is 0.174. The van der Waals surface area contributed by atoms with Gasteiger partial charge in [0.15, 0.2) is 5.69 Å². The molecule has 0 aliphatic carbocycles. The standard InChI is InChI=1S/C21H18FN7O/c1-13-6-9-20(14(2)24-13)29-12-19(27-28-29)21(30)23-11-17-7-8-18(26-25-17)15-4-3-5-16(22)10-15/h3-10,12H,11H2,1-2H3,(H,23,30).